The first-order chi connectivity index (χ1) is 12.6. The van der Waals surface area contributed by atoms with Gasteiger partial charge in [0.15, 0.2) is 0 Å². The lowest BCUT2D eigenvalue weighted by Gasteiger charge is -2.29. The van der Waals surface area contributed by atoms with Gasteiger partial charge >= 0.3 is 0 Å². The van der Waals surface area contributed by atoms with Gasteiger partial charge in [0.25, 0.3) is 5.91 Å². The predicted octanol–water partition coefficient (Wildman–Crippen LogP) is 3.83. The van der Waals surface area contributed by atoms with E-state index in [2.05, 4.69) is 20.3 Å². The highest BCUT2D eigenvalue weighted by molar-refractivity contribution is 6.30. The van der Waals surface area contributed by atoms with Crippen molar-refractivity contribution in [2.24, 2.45) is 0 Å². The van der Waals surface area contributed by atoms with Gasteiger partial charge in [0, 0.05) is 23.3 Å². The molecule has 0 saturated heterocycles. The summed E-state index contributed by atoms with van der Waals surface area (Å²) in [5.74, 6) is -0.0257. The van der Waals surface area contributed by atoms with Gasteiger partial charge in [0.05, 0.1) is 41.8 Å². The summed E-state index contributed by atoms with van der Waals surface area (Å²) in [5.41, 5.74) is 4.22. The van der Waals surface area contributed by atoms with Crippen LogP contribution < -0.4 is 10.2 Å². The second-order valence-corrected chi connectivity index (χ2v) is 6.74. The first kappa shape index (κ1) is 16.6. The minimum atomic E-state index is -0.0257. The topological polar surface area (TPSA) is 73.9 Å². The number of hydrogen-bond donors (Lipinski definition) is 2. The lowest BCUT2D eigenvalue weighted by molar-refractivity contribution is 0.0980. The Hall–Kier alpha value is -2.86. The van der Waals surface area contributed by atoms with Gasteiger partial charge in [-0.3, -0.25) is 9.78 Å². The van der Waals surface area contributed by atoms with Crippen molar-refractivity contribution in [2.75, 3.05) is 16.8 Å². The summed E-state index contributed by atoms with van der Waals surface area (Å²) in [6.45, 7) is 2.63. The fraction of sp³-hybridized carbons (Fsp3) is 0.211. The van der Waals surface area contributed by atoms with Crippen LogP contribution in [0.25, 0.3) is 0 Å². The molecule has 0 saturated carbocycles. The molecule has 1 aliphatic rings. The van der Waals surface area contributed by atoms with Crippen molar-refractivity contribution in [2.45, 2.75) is 19.4 Å². The smallest absolute Gasteiger partial charge is 0.258 e. The molecule has 1 aliphatic heterocycles. The average Bonchev–Trinajstić information content (AvgIpc) is 3.17. The molecular weight excluding hydrogens is 350 g/mol. The number of aromatic amines is 1. The van der Waals surface area contributed by atoms with Crippen LogP contribution in [0.15, 0.2) is 49.2 Å². The Balaban J connectivity index is 1.57. The van der Waals surface area contributed by atoms with Crippen LogP contribution in [0.4, 0.5) is 11.4 Å². The third kappa shape index (κ3) is 3.15. The largest absolute Gasteiger partial charge is 0.376 e. The van der Waals surface area contributed by atoms with E-state index in [4.69, 9.17) is 11.6 Å². The number of rotatable bonds is 4. The molecule has 4 rings (SSSR count). The maximum absolute atomic E-state index is 12.9. The lowest BCUT2D eigenvalue weighted by Crippen LogP contribution is -2.37. The van der Waals surface area contributed by atoms with Gasteiger partial charge in [0.1, 0.15) is 0 Å². The number of carbonyl (C=O) groups is 1. The van der Waals surface area contributed by atoms with Crippen LogP contribution >= 0.6 is 11.6 Å². The molecule has 0 bridgehead atoms. The summed E-state index contributed by atoms with van der Waals surface area (Å²) < 4.78 is 0. The number of imidazole rings is 1. The number of aromatic nitrogens is 3. The van der Waals surface area contributed by atoms with E-state index in [0.29, 0.717) is 17.1 Å². The molecule has 0 radical (unpaired) electrons. The quantitative estimate of drug-likeness (QED) is 0.734. The van der Waals surface area contributed by atoms with E-state index in [1.807, 2.05) is 25.3 Å². The van der Waals surface area contributed by atoms with Gasteiger partial charge < -0.3 is 15.2 Å². The number of H-pyrrole nitrogens is 1. The molecule has 3 aromatic rings. The molecule has 26 heavy (non-hydrogen) atoms. The van der Waals surface area contributed by atoms with Gasteiger partial charge in [-0.1, -0.05) is 11.6 Å². The Labute approximate surface area is 156 Å². The number of amides is 1. The van der Waals surface area contributed by atoms with Gasteiger partial charge in [-0.05, 0) is 43.2 Å². The molecule has 1 aromatic carbocycles. The predicted molar refractivity (Wildman–Crippen MR) is 102 cm³/mol. The fourth-order valence-electron chi connectivity index (χ4n) is 3.19. The summed E-state index contributed by atoms with van der Waals surface area (Å²) in [4.78, 5) is 26.1. The Kier molecular flexibility index (Phi) is 4.34. The minimum Gasteiger partial charge on any atom is -0.376 e. The molecule has 1 amide bonds. The monoisotopic (exact) mass is 367 g/mol. The van der Waals surface area contributed by atoms with E-state index in [-0.39, 0.29) is 11.9 Å². The summed E-state index contributed by atoms with van der Waals surface area (Å²) in [5, 5.41) is 4.02. The molecule has 2 N–H and O–H groups in total. The highest BCUT2D eigenvalue weighted by Gasteiger charge is 2.26. The molecule has 1 atom stereocenters. The minimum absolute atomic E-state index is 0.0257. The first-order valence-corrected chi connectivity index (χ1v) is 8.80. The zero-order valence-electron chi connectivity index (χ0n) is 14.2. The van der Waals surface area contributed by atoms with Gasteiger partial charge in [-0.2, -0.15) is 0 Å². The van der Waals surface area contributed by atoms with Crippen molar-refractivity contribution in [1.29, 1.82) is 0 Å². The molecule has 0 fully saturated rings. The number of carbonyl (C=O) groups excluding carboxylic acids is 1. The maximum Gasteiger partial charge on any atom is 0.258 e. The Bertz CT molecular complexity index is 941. The van der Waals surface area contributed by atoms with Gasteiger partial charge in [0.2, 0.25) is 0 Å². The number of hydrogen-bond acceptors (Lipinski definition) is 4. The van der Waals surface area contributed by atoms with E-state index in [9.17, 15) is 4.79 Å². The number of pyridine rings is 1. The number of nitrogens with zero attached hydrogens (tertiary/aromatic N) is 3. The fourth-order valence-corrected chi connectivity index (χ4v) is 3.38. The van der Waals surface area contributed by atoms with Crippen LogP contribution in [0.1, 0.15) is 34.6 Å². The second kappa shape index (κ2) is 6.80. The highest BCUT2D eigenvalue weighted by Crippen LogP contribution is 2.28. The van der Waals surface area contributed by atoms with Crippen molar-refractivity contribution in [1.82, 2.24) is 15.0 Å². The van der Waals surface area contributed by atoms with Crippen molar-refractivity contribution in [3.8, 4) is 0 Å². The van der Waals surface area contributed by atoms with Crippen molar-refractivity contribution in [3.63, 3.8) is 0 Å². The molecule has 0 spiro atoms. The van der Waals surface area contributed by atoms with E-state index in [0.717, 1.165) is 29.1 Å². The van der Waals surface area contributed by atoms with Crippen LogP contribution in [0.5, 0.6) is 0 Å². The number of fused-ring (bicyclic) bond motifs is 1. The van der Waals surface area contributed by atoms with Crippen LogP contribution in [-0.2, 0) is 6.42 Å². The first-order valence-electron chi connectivity index (χ1n) is 8.42. The molecule has 2 aromatic heterocycles. The van der Waals surface area contributed by atoms with E-state index >= 15 is 0 Å². The average molecular weight is 368 g/mol. The number of halogens is 1. The van der Waals surface area contributed by atoms with Crippen LogP contribution in [0.3, 0.4) is 0 Å². The standard InChI is InChI=1S/C19H18ClN5O/c1-12(18-10-22-11-23-18)24-15-7-16(9-21-8-15)25-5-4-13-6-14(20)2-3-17(13)19(25)26/h2-3,6-12,24H,4-5H2,1H3,(H,22,23). The normalized spacial score (nSPS) is 14.8. The van der Waals surface area contributed by atoms with Crippen molar-refractivity contribution >= 4 is 28.9 Å². The lowest BCUT2D eigenvalue weighted by atomic mass is 9.99. The van der Waals surface area contributed by atoms with Crippen LogP contribution in [0, 0.1) is 0 Å². The third-order valence-corrected chi connectivity index (χ3v) is 4.76. The number of nitrogens with one attached hydrogen (secondary N) is 2. The zero-order chi connectivity index (χ0) is 18.1. The van der Waals surface area contributed by atoms with E-state index in [1.54, 1.807) is 35.8 Å². The highest BCUT2D eigenvalue weighted by atomic mass is 35.5. The summed E-state index contributed by atoms with van der Waals surface area (Å²) in [7, 11) is 0. The molecular formula is C19H18ClN5O. The summed E-state index contributed by atoms with van der Waals surface area (Å²) >= 11 is 6.04. The molecule has 0 aliphatic carbocycles. The number of anilines is 2. The third-order valence-electron chi connectivity index (χ3n) is 4.53. The van der Waals surface area contributed by atoms with Gasteiger partial charge in [-0.25, -0.2) is 4.98 Å². The van der Waals surface area contributed by atoms with Crippen molar-refractivity contribution < 1.29 is 4.79 Å². The summed E-state index contributed by atoms with van der Waals surface area (Å²) in [6, 6.07) is 7.38. The maximum atomic E-state index is 12.9. The molecule has 1 unspecified atom stereocenters. The zero-order valence-corrected chi connectivity index (χ0v) is 15.0. The van der Waals surface area contributed by atoms with E-state index in [1.165, 1.54) is 0 Å². The Morgan fingerprint density at radius 1 is 1.31 bits per heavy atom. The Morgan fingerprint density at radius 3 is 3.00 bits per heavy atom. The molecule has 7 heteroatoms. The molecule has 6 nitrogen and oxygen atoms in total. The second-order valence-electron chi connectivity index (χ2n) is 6.30. The van der Waals surface area contributed by atoms with Crippen molar-refractivity contribution in [3.05, 3.63) is 71.0 Å². The van der Waals surface area contributed by atoms with Crippen LogP contribution in [-0.4, -0.2) is 27.4 Å². The summed E-state index contributed by atoms with van der Waals surface area (Å²) in [6.07, 6.45) is 7.73. The van der Waals surface area contributed by atoms with Crippen LogP contribution in [0.2, 0.25) is 5.02 Å². The number of benzene rings is 1. The molecule has 3 heterocycles. The Morgan fingerprint density at radius 2 is 2.19 bits per heavy atom. The van der Waals surface area contributed by atoms with Gasteiger partial charge in [-0.15, -0.1) is 0 Å². The van der Waals surface area contributed by atoms with E-state index < -0.39 is 0 Å². The SMILES string of the molecule is CC(Nc1cncc(N2CCc3cc(Cl)ccc3C2=O)c1)c1c[nH]cn1. The molecule has 132 valence electrons.